The van der Waals surface area contributed by atoms with Gasteiger partial charge in [0, 0.05) is 12.6 Å². The lowest BCUT2D eigenvalue weighted by molar-refractivity contribution is -0.0626. The van der Waals surface area contributed by atoms with Crippen molar-refractivity contribution in [2.45, 2.75) is 90.4 Å². The summed E-state index contributed by atoms with van der Waals surface area (Å²) in [6.07, 6.45) is 10.2. The summed E-state index contributed by atoms with van der Waals surface area (Å²) in [4.78, 5) is 2.35. The Balaban J connectivity index is 1.69. The molecule has 130 valence electrons. The van der Waals surface area contributed by atoms with Crippen LogP contribution in [0, 0.1) is 11.3 Å². The van der Waals surface area contributed by atoms with Crippen LogP contribution in [0.2, 0.25) is 0 Å². The molecule has 2 aliphatic rings. The molecule has 0 aromatic heterocycles. The highest BCUT2D eigenvalue weighted by molar-refractivity contribution is 4.84. The van der Waals surface area contributed by atoms with E-state index in [1.807, 2.05) is 0 Å². The van der Waals surface area contributed by atoms with Gasteiger partial charge in [-0.1, -0.05) is 40.0 Å². The van der Waals surface area contributed by atoms with E-state index < -0.39 is 0 Å². The van der Waals surface area contributed by atoms with Gasteiger partial charge in [-0.2, -0.15) is 0 Å². The molecule has 0 amide bonds. The second-order valence-electron chi connectivity index (χ2n) is 8.75. The van der Waals surface area contributed by atoms with Crippen LogP contribution in [0.4, 0.5) is 0 Å². The van der Waals surface area contributed by atoms with Gasteiger partial charge in [0.1, 0.15) is 0 Å². The summed E-state index contributed by atoms with van der Waals surface area (Å²) < 4.78 is 6.06. The van der Waals surface area contributed by atoms with Gasteiger partial charge >= 0.3 is 0 Å². The zero-order valence-corrected chi connectivity index (χ0v) is 15.2. The van der Waals surface area contributed by atoms with Gasteiger partial charge in [-0.15, -0.1) is 0 Å². The third kappa shape index (κ3) is 5.82. The minimum absolute atomic E-state index is 0.327. The summed E-state index contributed by atoms with van der Waals surface area (Å²) in [6, 6.07) is 0.664. The highest BCUT2D eigenvalue weighted by Crippen LogP contribution is 2.39. The molecule has 1 N–H and O–H groups in total. The maximum absolute atomic E-state index is 10.3. The smallest absolute Gasteiger partial charge is 0.0900 e. The molecule has 2 saturated carbocycles. The summed E-state index contributed by atoms with van der Waals surface area (Å²) in [7, 11) is 2.16. The van der Waals surface area contributed by atoms with E-state index in [1.165, 1.54) is 38.5 Å². The molecule has 0 aromatic rings. The molecule has 0 unspecified atom stereocenters. The molecular formula is C19H37NO2. The summed E-state index contributed by atoms with van der Waals surface area (Å²) in [5.41, 5.74) is 0.381. The molecule has 0 aromatic carbocycles. The van der Waals surface area contributed by atoms with Crippen LogP contribution >= 0.6 is 0 Å². The second-order valence-corrected chi connectivity index (χ2v) is 8.75. The molecule has 0 bridgehead atoms. The van der Waals surface area contributed by atoms with Crippen LogP contribution in [0.3, 0.4) is 0 Å². The van der Waals surface area contributed by atoms with E-state index in [0.717, 1.165) is 25.3 Å². The highest BCUT2D eigenvalue weighted by atomic mass is 16.5. The lowest BCUT2D eigenvalue weighted by Gasteiger charge is -2.39. The monoisotopic (exact) mass is 311 g/mol. The molecule has 22 heavy (non-hydrogen) atoms. The lowest BCUT2D eigenvalue weighted by Crippen LogP contribution is -2.41. The average Bonchev–Trinajstić information content (AvgIpc) is 2.44. The van der Waals surface area contributed by atoms with Crippen molar-refractivity contribution < 1.29 is 9.84 Å². The van der Waals surface area contributed by atoms with E-state index in [2.05, 4.69) is 32.7 Å². The van der Waals surface area contributed by atoms with Crippen molar-refractivity contribution in [1.29, 1.82) is 0 Å². The Morgan fingerprint density at radius 2 is 1.86 bits per heavy atom. The Kier molecular flexibility index (Phi) is 6.73. The van der Waals surface area contributed by atoms with Crippen molar-refractivity contribution in [3.8, 4) is 0 Å². The first-order chi connectivity index (χ1) is 10.4. The number of nitrogens with zero attached hydrogens (tertiary/aromatic N) is 1. The molecule has 3 heteroatoms. The third-order valence-electron chi connectivity index (χ3n) is 5.57. The summed E-state index contributed by atoms with van der Waals surface area (Å²) in [6.45, 7) is 8.24. The minimum atomic E-state index is -0.354. The molecule has 2 aliphatic carbocycles. The van der Waals surface area contributed by atoms with E-state index in [1.54, 1.807) is 0 Å². The fourth-order valence-corrected chi connectivity index (χ4v) is 4.69. The van der Waals surface area contributed by atoms with Crippen molar-refractivity contribution in [3.05, 3.63) is 0 Å². The standard InChI is InChI=1S/C19H37NO2/c1-15-10-18(12-19(2,3)11-15)22-14-17(21)13-20(4)16-8-6-5-7-9-16/h15-18,21H,5-14H2,1-4H3/t15-,17-,18-/m1/s1. The van der Waals surface area contributed by atoms with Crippen molar-refractivity contribution >= 4 is 0 Å². The normalized spacial score (nSPS) is 31.4. The van der Waals surface area contributed by atoms with Crippen LogP contribution in [0.15, 0.2) is 0 Å². The number of ether oxygens (including phenoxy) is 1. The van der Waals surface area contributed by atoms with Gasteiger partial charge in [0.15, 0.2) is 0 Å². The number of rotatable bonds is 6. The molecule has 0 spiro atoms. The Hall–Kier alpha value is -0.120. The largest absolute Gasteiger partial charge is 0.389 e. The van der Waals surface area contributed by atoms with Crippen molar-refractivity contribution in [2.75, 3.05) is 20.2 Å². The molecule has 0 radical (unpaired) electrons. The van der Waals surface area contributed by atoms with Gasteiger partial charge in [0.05, 0.1) is 18.8 Å². The first kappa shape index (κ1) is 18.2. The minimum Gasteiger partial charge on any atom is -0.389 e. The lowest BCUT2D eigenvalue weighted by atomic mass is 9.71. The molecular weight excluding hydrogens is 274 g/mol. The summed E-state index contributed by atoms with van der Waals surface area (Å²) in [5.74, 6) is 0.732. The molecule has 3 nitrogen and oxygen atoms in total. The molecule has 3 atom stereocenters. The molecule has 2 fully saturated rings. The fraction of sp³-hybridized carbons (Fsp3) is 1.00. The van der Waals surface area contributed by atoms with Crippen LogP contribution in [-0.2, 0) is 4.74 Å². The predicted octanol–water partition coefficient (Wildman–Crippen LogP) is 3.84. The van der Waals surface area contributed by atoms with E-state index in [0.29, 0.717) is 24.2 Å². The molecule has 0 heterocycles. The molecule has 0 saturated heterocycles. The number of likely N-dealkylation sites (N-methyl/N-ethyl adjacent to an activating group) is 1. The van der Waals surface area contributed by atoms with Gasteiger partial charge in [-0.3, -0.25) is 0 Å². The van der Waals surface area contributed by atoms with E-state index >= 15 is 0 Å². The van der Waals surface area contributed by atoms with Crippen molar-refractivity contribution in [2.24, 2.45) is 11.3 Å². The summed E-state index contributed by atoms with van der Waals surface area (Å²) in [5, 5.41) is 10.3. The van der Waals surface area contributed by atoms with E-state index in [4.69, 9.17) is 4.74 Å². The number of aliphatic hydroxyl groups is 1. The van der Waals surface area contributed by atoms with Crippen LogP contribution in [0.1, 0.15) is 72.1 Å². The Morgan fingerprint density at radius 3 is 2.50 bits per heavy atom. The quantitative estimate of drug-likeness (QED) is 0.809. The SMILES string of the molecule is C[C@@H]1C[C@@H](OC[C@H](O)CN(C)C2CCCCC2)CC(C)(C)C1. The topological polar surface area (TPSA) is 32.7 Å². The third-order valence-corrected chi connectivity index (χ3v) is 5.57. The maximum Gasteiger partial charge on any atom is 0.0900 e. The first-order valence-corrected chi connectivity index (χ1v) is 9.35. The Labute approximate surface area is 137 Å². The first-order valence-electron chi connectivity index (χ1n) is 9.35. The van der Waals surface area contributed by atoms with E-state index in [-0.39, 0.29) is 6.10 Å². The van der Waals surface area contributed by atoms with Gasteiger partial charge < -0.3 is 14.7 Å². The fourth-order valence-electron chi connectivity index (χ4n) is 4.69. The predicted molar refractivity (Wildman–Crippen MR) is 92.0 cm³/mol. The van der Waals surface area contributed by atoms with Gasteiger partial charge in [0.25, 0.3) is 0 Å². The molecule has 0 aliphatic heterocycles. The molecule has 2 rings (SSSR count). The second kappa shape index (κ2) is 8.12. The van der Waals surface area contributed by atoms with Gasteiger partial charge in [-0.25, -0.2) is 0 Å². The van der Waals surface area contributed by atoms with E-state index in [9.17, 15) is 5.11 Å². The number of hydrogen-bond donors (Lipinski definition) is 1. The van der Waals surface area contributed by atoms with Crippen LogP contribution in [-0.4, -0.2) is 48.5 Å². The van der Waals surface area contributed by atoms with Gasteiger partial charge in [0.2, 0.25) is 0 Å². The maximum atomic E-state index is 10.3. The number of aliphatic hydroxyl groups excluding tert-OH is 1. The van der Waals surface area contributed by atoms with Crippen LogP contribution in [0.25, 0.3) is 0 Å². The zero-order valence-electron chi connectivity index (χ0n) is 15.2. The van der Waals surface area contributed by atoms with Crippen molar-refractivity contribution in [3.63, 3.8) is 0 Å². The highest BCUT2D eigenvalue weighted by Gasteiger charge is 2.32. The average molecular weight is 312 g/mol. The summed E-state index contributed by atoms with van der Waals surface area (Å²) >= 11 is 0. The zero-order chi connectivity index (χ0) is 16.2. The van der Waals surface area contributed by atoms with Gasteiger partial charge in [-0.05, 0) is 50.5 Å². The number of hydrogen-bond acceptors (Lipinski definition) is 3. The van der Waals surface area contributed by atoms with Crippen molar-refractivity contribution in [1.82, 2.24) is 4.90 Å². The Bertz CT molecular complexity index is 325. The Morgan fingerprint density at radius 1 is 1.18 bits per heavy atom. The van der Waals surface area contributed by atoms with Crippen LogP contribution in [0.5, 0.6) is 0 Å². The van der Waals surface area contributed by atoms with Crippen LogP contribution < -0.4 is 0 Å².